The monoisotopic (exact) mass is 418 g/mol. The van der Waals surface area contributed by atoms with Crippen LogP contribution in [0.2, 0.25) is 0 Å². The molecule has 1 aromatic carbocycles. The molecule has 0 aliphatic heterocycles. The standard InChI is InChI=1S/C22H34N4O4/c1-4-26(5-2)14-10-8-7-9-11-17(21(28)30-6-3)20(27)23-16-12-13-18-19(15-16)25-22(29)24-18/h12-13,15,17H,4-11,14H2,1-3H3,(H,23,27)(H2,24,25,29). The second-order valence-electron chi connectivity index (χ2n) is 7.36. The van der Waals surface area contributed by atoms with E-state index in [1.165, 1.54) is 0 Å². The van der Waals surface area contributed by atoms with Crippen LogP contribution in [0.5, 0.6) is 0 Å². The maximum atomic E-state index is 12.8. The molecule has 0 saturated carbocycles. The normalized spacial score (nSPS) is 12.3. The Labute approximate surface area is 177 Å². The van der Waals surface area contributed by atoms with Crippen LogP contribution < -0.4 is 11.0 Å². The number of imidazole rings is 1. The predicted molar refractivity (Wildman–Crippen MR) is 119 cm³/mol. The lowest BCUT2D eigenvalue weighted by Crippen LogP contribution is -2.31. The van der Waals surface area contributed by atoms with Gasteiger partial charge in [-0.2, -0.15) is 0 Å². The molecule has 166 valence electrons. The third-order valence-electron chi connectivity index (χ3n) is 5.28. The Morgan fingerprint density at radius 2 is 1.73 bits per heavy atom. The third-order valence-corrected chi connectivity index (χ3v) is 5.28. The van der Waals surface area contributed by atoms with E-state index in [2.05, 4.69) is 34.0 Å². The van der Waals surface area contributed by atoms with Crippen molar-refractivity contribution in [1.82, 2.24) is 14.9 Å². The highest BCUT2D eigenvalue weighted by atomic mass is 16.5. The molecule has 1 heterocycles. The molecule has 0 bridgehead atoms. The fourth-order valence-electron chi connectivity index (χ4n) is 3.52. The summed E-state index contributed by atoms with van der Waals surface area (Å²) in [6.45, 7) is 9.50. The van der Waals surface area contributed by atoms with Crippen molar-refractivity contribution >= 4 is 28.6 Å². The lowest BCUT2D eigenvalue weighted by atomic mass is 9.99. The number of nitrogens with zero attached hydrogens (tertiary/aromatic N) is 1. The third kappa shape index (κ3) is 7.02. The molecular weight excluding hydrogens is 384 g/mol. The van der Waals surface area contributed by atoms with Crippen LogP contribution in [0.25, 0.3) is 11.0 Å². The average molecular weight is 419 g/mol. The molecule has 1 unspecified atom stereocenters. The first-order valence-corrected chi connectivity index (χ1v) is 10.9. The highest BCUT2D eigenvalue weighted by Gasteiger charge is 2.27. The molecular formula is C22H34N4O4. The number of aromatic nitrogens is 2. The number of unbranched alkanes of at least 4 members (excludes halogenated alkanes) is 3. The number of hydrogen-bond donors (Lipinski definition) is 3. The largest absolute Gasteiger partial charge is 0.465 e. The number of rotatable bonds is 13. The van der Waals surface area contributed by atoms with Crippen LogP contribution in [0.1, 0.15) is 52.9 Å². The van der Waals surface area contributed by atoms with Crippen molar-refractivity contribution in [3.63, 3.8) is 0 Å². The summed E-state index contributed by atoms with van der Waals surface area (Å²) >= 11 is 0. The number of amides is 1. The Morgan fingerprint density at radius 3 is 2.43 bits per heavy atom. The zero-order chi connectivity index (χ0) is 21.9. The van der Waals surface area contributed by atoms with Crippen molar-refractivity contribution in [1.29, 1.82) is 0 Å². The van der Waals surface area contributed by atoms with E-state index < -0.39 is 11.9 Å². The maximum absolute atomic E-state index is 12.8. The Bertz CT molecular complexity index is 869. The van der Waals surface area contributed by atoms with Gasteiger partial charge in [-0.05, 0) is 57.6 Å². The Hall–Kier alpha value is -2.61. The van der Waals surface area contributed by atoms with E-state index in [-0.39, 0.29) is 18.2 Å². The van der Waals surface area contributed by atoms with Crippen molar-refractivity contribution in [2.24, 2.45) is 5.92 Å². The number of carbonyl (C=O) groups excluding carboxylic acids is 2. The maximum Gasteiger partial charge on any atom is 0.323 e. The number of carbonyl (C=O) groups is 2. The van der Waals surface area contributed by atoms with Gasteiger partial charge in [0.25, 0.3) is 0 Å². The molecule has 1 aromatic heterocycles. The molecule has 0 saturated heterocycles. The van der Waals surface area contributed by atoms with Gasteiger partial charge in [-0.3, -0.25) is 9.59 Å². The molecule has 1 atom stereocenters. The van der Waals surface area contributed by atoms with Crippen LogP contribution in [0.4, 0.5) is 5.69 Å². The summed E-state index contributed by atoms with van der Waals surface area (Å²) in [6.07, 6.45) is 4.41. The Balaban J connectivity index is 1.90. The summed E-state index contributed by atoms with van der Waals surface area (Å²) < 4.78 is 5.12. The lowest BCUT2D eigenvalue weighted by Gasteiger charge is -2.18. The molecule has 1 amide bonds. The van der Waals surface area contributed by atoms with Gasteiger partial charge in [0, 0.05) is 5.69 Å². The van der Waals surface area contributed by atoms with Crippen LogP contribution in [0.15, 0.2) is 23.0 Å². The van der Waals surface area contributed by atoms with Gasteiger partial charge in [0.1, 0.15) is 5.92 Å². The first kappa shape index (κ1) is 23.7. The number of hydrogen-bond acceptors (Lipinski definition) is 5. The van der Waals surface area contributed by atoms with Gasteiger partial charge in [-0.15, -0.1) is 0 Å². The van der Waals surface area contributed by atoms with Crippen LogP contribution >= 0.6 is 0 Å². The molecule has 0 fully saturated rings. The molecule has 0 spiro atoms. The summed E-state index contributed by atoms with van der Waals surface area (Å²) in [6, 6.07) is 5.07. The van der Waals surface area contributed by atoms with Crippen LogP contribution in [0.3, 0.4) is 0 Å². The van der Waals surface area contributed by atoms with E-state index in [1.807, 2.05) is 0 Å². The van der Waals surface area contributed by atoms with E-state index in [0.717, 1.165) is 45.3 Å². The quantitative estimate of drug-likeness (QED) is 0.263. The summed E-state index contributed by atoms with van der Waals surface area (Å²) in [5.41, 5.74) is 1.47. The molecule has 8 nitrogen and oxygen atoms in total. The minimum absolute atomic E-state index is 0.239. The first-order chi connectivity index (χ1) is 14.5. The second kappa shape index (κ2) is 12.2. The minimum Gasteiger partial charge on any atom is -0.465 e. The molecule has 0 aliphatic rings. The topological polar surface area (TPSA) is 107 Å². The number of aromatic amines is 2. The summed E-state index contributed by atoms with van der Waals surface area (Å²) in [4.78, 5) is 44.2. The Kier molecular flexibility index (Phi) is 9.60. The molecule has 30 heavy (non-hydrogen) atoms. The van der Waals surface area contributed by atoms with Gasteiger partial charge >= 0.3 is 11.7 Å². The molecule has 8 heteroatoms. The molecule has 0 radical (unpaired) electrons. The van der Waals surface area contributed by atoms with Crippen molar-refractivity contribution in [2.75, 3.05) is 31.6 Å². The van der Waals surface area contributed by atoms with Crippen LogP contribution in [-0.4, -0.2) is 53.0 Å². The highest BCUT2D eigenvalue weighted by Crippen LogP contribution is 2.19. The van der Waals surface area contributed by atoms with Gasteiger partial charge in [0.2, 0.25) is 5.91 Å². The number of nitrogens with one attached hydrogen (secondary N) is 3. The first-order valence-electron chi connectivity index (χ1n) is 10.9. The summed E-state index contributed by atoms with van der Waals surface area (Å²) in [7, 11) is 0. The number of benzene rings is 1. The van der Waals surface area contributed by atoms with E-state index in [1.54, 1.807) is 25.1 Å². The average Bonchev–Trinajstić information content (AvgIpc) is 3.09. The predicted octanol–water partition coefficient (Wildman–Crippen LogP) is 3.27. The Morgan fingerprint density at radius 1 is 1.03 bits per heavy atom. The lowest BCUT2D eigenvalue weighted by molar-refractivity contribution is -0.151. The SMILES string of the molecule is CCOC(=O)C(CCCCCCN(CC)CC)C(=O)Nc1ccc2[nH]c(=O)[nH]c2c1. The van der Waals surface area contributed by atoms with Crippen molar-refractivity contribution in [3.05, 3.63) is 28.7 Å². The summed E-state index contributed by atoms with van der Waals surface area (Å²) in [5.74, 6) is -1.71. The van der Waals surface area contributed by atoms with E-state index in [4.69, 9.17) is 4.74 Å². The summed E-state index contributed by atoms with van der Waals surface area (Å²) in [5, 5.41) is 2.78. The number of anilines is 1. The van der Waals surface area contributed by atoms with Crippen molar-refractivity contribution in [3.8, 4) is 0 Å². The van der Waals surface area contributed by atoms with Crippen LogP contribution in [-0.2, 0) is 14.3 Å². The molecule has 0 aliphatic carbocycles. The fraction of sp³-hybridized carbons (Fsp3) is 0.591. The number of H-pyrrole nitrogens is 2. The van der Waals surface area contributed by atoms with Gasteiger partial charge in [-0.1, -0.05) is 33.1 Å². The second-order valence-corrected chi connectivity index (χ2v) is 7.36. The zero-order valence-corrected chi connectivity index (χ0v) is 18.3. The van der Waals surface area contributed by atoms with Crippen molar-refractivity contribution < 1.29 is 14.3 Å². The van der Waals surface area contributed by atoms with Crippen molar-refractivity contribution in [2.45, 2.75) is 52.9 Å². The zero-order valence-electron chi connectivity index (χ0n) is 18.3. The van der Waals surface area contributed by atoms with E-state index in [0.29, 0.717) is 23.1 Å². The van der Waals surface area contributed by atoms with Gasteiger partial charge in [0.15, 0.2) is 0 Å². The molecule has 3 N–H and O–H groups in total. The number of esters is 1. The molecule has 2 rings (SSSR count). The van der Waals surface area contributed by atoms with E-state index in [9.17, 15) is 14.4 Å². The fourth-order valence-corrected chi connectivity index (χ4v) is 3.52. The van der Waals surface area contributed by atoms with Gasteiger partial charge in [-0.25, -0.2) is 4.79 Å². The highest BCUT2D eigenvalue weighted by molar-refractivity contribution is 6.05. The van der Waals surface area contributed by atoms with Gasteiger partial charge in [0.05, 0.1) is 17.6 Å². The molecule has 2 aromatic rings. The minimum atomic E-state index is -0.839. The smallest absolute Gasteiger partial charge is 0.323 e. The van der Waals surface area contributed by atoms with Gasteiger partial charge < -0.3 is 24.9 Å². The van der Waals surface area contributed by atoms with E-state index >= 15 is 0 Å². The number of ether oxygens (including phenoxy) is 1. The van der Waals surface area contributed by atoms with Crippen LogP contribution in [0, 0.1) is 5.92 Å². The number of fused-ring (bicyclic) bond motifs is 1.